The Morgan fingerprint density at radius 3 is 2.35 bits per heavy atom. The lowest BCUT2D eigenvalue weighted by Gasteiger charge is -2.35. The van der Waals surface area contributed by atoms with Gasteiger partial charge in [0.1, 0.15) is 6.61 Å². The average Bonchev–Trinajstić information content (AvgIpc) is 3.18. The van der Waals surface area contributed by atoms with E-state index in [9.17, 15) is 14.4 Å². The Morgan fingerprint density at radius 2 is 1.74 bits per heavy atom. The third-order valence-corrected chi connectivity index (χ3v) is 6.36. The van der Waals surface area contributed by atoms with E-state index in [4.69, 9.17) is 14.6 Å². The molecule has 0 aromatic heterocycles. The number of carboxylic acid groups (broad SMARTS) is 1. The van der Waals surface area contributed by atoms with Gasteiger partial charge < -0.3 is 25.2 Å². The van der Waals surface area contributed by atoms with Crippen LogP contribution in [0.4, 0.5) is 4.79 Å². The molecule has 2 amide bonds. The van der Waals surface area contributed by atoms with Gasteiger partial charge in [-0.05, 0) is 35.1 Å². The van der Waals surface area contributed by atoms with Gasteiger partial charge in [-0.25, -0.2) is 9.59 Å². The lowest BCUT2D eigenvalue weighted by atomic mass is 9.81. The molecule has 1 saturated heterocycles. The van der Waals surface area contributed by atoms with Crippen molar-refractivity contribution in [3.05, 3.63) is 71.8 Å². The molecule has 1 aliphatic heterocycles. The first kappa shape index (κ1) is 23.5. The van der Waals surface area contributed by atoms with Crippen LogP contribution in [0, 0.1) is 5.41 Å². The summed E-state index contributed by atoms with van der Waals surface area (Å²) in [6, 6.07) is 16.2. The quantitative estimate of drug-likeness (QED) is 0.518. The zero-order valence-electron chi connectivity index (χ0n) is 18.8. The summed E-state index contributed by atoms with van der Waals surface area (Å²) in [4.78, 5) is 36.0. The Labute approximate surface area is 198 Å². The molecule has 178 valence electrons. The maximum absolute atomic E-state index is 12.9. The molecular weight excluding hydrogens is 436 g/mol. The molecule has 2 aromatic carbocycles. The van der Waals surface area contributed by atoms with Gasteiger partial charge >= 0.3 is 12.1 Å². The lowest BCUT2D eigenvalue weighted by Crippen LogP contribution is -2.53. The van der Waals surface area contributed by atoms with Crippen LogP contribution in [0.15, 0.2) is 60.7 Å². The molecule has 0 saturated carbocycles. The molecule has 0 bridgehead atoms. The lowest BCUT2D eigenvalue weighted by molar-refractivity contribution is -0.138. The summed E-state index contributed by atoms with van der Waals surface area (Å²) in [5.74, 6) is -1.42. The molecule has 1 unspecified atom stereocenters. The maximum atomic E-state index is 12.9. The normalized spacial score (nSPS) is 19.3. The molecule has 8 heteroatoms. The summed E-state index contributed by atoms with van der Waals surface area (Å²) >= 11 is 0. The van der Waals surface area contributed by atoms with Crippen molar-refractivity contribution in [1.82, 2.24) is 10.6 Å². The highest BCUT2D eigenvalue weighted by atomic mass is 16.5. The SMILES string of the molecule is O=C(O)/C=C/CNC(=O)C1(CNC(=O)OCC2c3ccccc3-c3ccccc32)CCCOC1. The van der Waals surface area contributed by atoms with Crippen LogP contribution in [-0.4, -0.2) is 56.0 Å². The van der Waals surface area contributed by atoms with Crippen LogP contribution in [0.1, 0.15) is 29.9 Å². The molecule has 34 heavy (non-hydrogen) atoms. The summed E-state index contributed by atoms with van der Waals surface area (Å²) in [7, 11) is 0. The van der Waals surface area contributed by atoms with Crippen LogP contribution >= 0.6 is 0 Å². The number of nitrogens with one attached hydrogen (secondary N) is 2. The molecule has 2 aromatic rings. The highest BCUT2D eigenvalue weighted by Gasteiger charge is 2.41. The first-order valence-corrected chi connectivity index (χ1v) is 11.3. The Bertz CT molecular complexity index is 1040. The molecule has 1 heterocycles. The number of fused-ring (bicyclic) bond motifs is 3. The topological polar surface area (TPSA) is 114 Å². The van der Waals surface area contributed by atoms with Gasteiger partial charge in [-0.2, -0.15) is 0 Å². The molecule has 4 rings (SSSR count). The van der Waals surface area contributed by atoms with Crippen LogP contribution in [0.2, 0.25) is 0 Å². The smallest absolute Gasteiger partial charge is 0.407 e. The molecule has 0 spiro atoms. The number of hydrogen-bond donors (Lipinski definition) is 3. The highest BCUT2D eigenvalue weighted by molar-refractivity contribution is 5.84. The van der Waals surface area contributed by atoms with Gasteiger partial charge in [0.15, 0.2) is 0 Å². The first-order valence-electron chi connectivity index (χ1n) is 11.3. The maximum Gasteiger partial charge on any atom is 0.407 e. The largest absolute Gasteiger partial charge is 0.478 e. The molecule has 3 N–H and O–H groups in total. The molecule has 1 aliphatic carbocycles. The molecule has 1 atom stereocenters. The Balaban J connectivity index is 1.36. The number of benzene rings is 2. The fraction of sp³-hybridized carbons (Fsp3) is 0.346. The van der Waals surface area contributed by atoms with Gasteiger partial charge in [0.05, 0.1) is 12.0 Å². The van der Waals surface area contributed by atoms with Crippen LogP contribution in [0.3, 0.4) is 0 Å². The van der Waals surface area contributed by atoms with Gasteiger partial charge in [-0.1, -0.05) is 54.6 Å². The van der Waals surface area contributed by atoms with Gasteiger partial charge in [-0.3, -0.25) is 4.79 Å². The standard InChI is InChI=1S/C26H28N2O6/c29-23(30)11-5-13-27-24(31)26(12-6-14-33-17-26)16-28-25(32)34-15-22-20-9-3-1-7-18(20)19-8-2-4-10-21(19)22/h1-5,7-11,22H,6,12-17H2,(H,27,31)(H,28,32)(H,29,30)/b11-5+. The fourth-order valence-electron chi connectivity index (χ4n) is 4.64. The summed E-state index contributed by atoms with van der Waals surface area (Å²) in [6.07, 6.45) is 2.97. The highest BCUT2D eigenvalue weighted by Crippen LogP contribution is 2.44. The monoisotopic (exact) mass is 464 g/mol. The summed E-state index contributed by atoms with van der Waals surface area (Å²) in [5, 5.41) is 14.1. The summed E-state index contributed by atoms with van der Waals surface area (Å²) in [5.41, 5.74) is 3.63. The van der Waals surface area contributed by atoms with E-state index in [1.54, 1.807) is 0 Å². The second-order valence-electron chi connectivity index (χ2n) is 8.57. The van der Waals surface area contributed by atoms with Crippen molar-refractivity contribution in [3.63, 3.8) is 0 Å². The van der Waals surface area contributed by atoms with Crippen LogP contribution in [0.5, 0.6) is 0 Å². The van der Waals surface area contributed by atoms with E-state index >= 15 is 0 Å². The number of aliphatic carboxylic acids is 1. The number of rotatable bonds is 8. The van der Waals surface area contributed by atoms with Crippen molar-refractivity contribution in [3.8, 4) is 11.1 Å². The van der Waals surface area contributed by atoms with Gasteiger partial charge in [0, 0.05) is 31.7 Å². The second-order valence-corrected chi connectivity index (χ2v) is 8.57. The van der Waals surface area contributed by atoms with Crippen molar-refractivity contribution in [2.45, 2.75) is 18.8 Å². The zero-order chi connectivity index (χ0) is 24.0. The second kappa shape index (κ2) is 10.5. The van der Waals surface area contributed by atoms with E-state index < -0.39 is 17.5 Å². The third-order valence-electron chi connectivity index (χ3n) is 6.36. The van der Waals surface area contributed by atoms with Crippen LogP contribution in [-0.2, 0) is 19.1 Å². The Hall–Kier alpha value is -3.65. The van der Waals surface area contributed by atoms with E-state index in [1.807, 2.05) is 24.3 Å². The average molecular weight is 465 g/mol. The minimum absolute atomic E-state index is 0.0468. The molecule has 1 fully saturated rings. The van der Waals surface area contributed by atoms with Crippen molar-refractivity contribution in [1.29, 1.82) is 0 Å². The van der Waals surface area contributed by atoms with E-state index in [2.05, 4.69) is 34.9 Å². The number of carbonyl (C=O) groups is 3. The number of carbonyl (C=O) groups excluding carboxylic acids is 2. The van der Waals surface area contributed by atoms with Crippen LogP contribution in [0.25, 0.3) is 11.1 Å². The predicted octanol–water partition coefficient (Wildman–Crippen LogP) is 3.08. The van der Waals surface area contributed by atoms with E-state index in [0.29, 0.717) is 19.4 Å². The van der Waals surface area contributed by atoms with Gasteiger partial charge in [0.2, 0.25) is 5.91 Å². The minimum Gasteiger partial charge on any atom is -0.478 e. The molecular formula is C26H28N2O6. The van der Waals surface area contributed by atoms with Gasteiger partial charge in [-0.15, -0.1) is 0 Å². The van der Waals surface area contributed by atoms with Crippen molar-refractivity contribution >= 4 is 18.0 Å². The third kappa shape index (κ3) is 5.12. The van der Waals surface area contributed by atoms with E-state index in [1.165, 1.54) is 6.08 Å². The molecule has 0 radical (unpaired) electrons. The fourth-order valence-corrected chi connectivity index (χ4v) is 4.64. The number of hydrogen-bond acceptors (Lipinski definition) is 5. The van der Waals surface area contributed by atoms with E-state index in [-0.39, 0.29) is 38.1 Å². The number of ether oxygens (including phenoxy) is 2. The summed E-state index contributed by atoms with van der Waals surface area (Å²) in [6.45, 7) is 1.07. The first-order chi connectivity index (χ1) is 16.5. The zero-order valence-corrected chi connectivity index (χ0v) is 18.8. The van der Waals surface area contributed by atoms with Gasteiger partial charge in [0.25, 0.3) is 0 Å². The Kier molecular flexibility index (Phi) is 7.27. The Morgan fingerprint density at radius 1 is 1.06 bits per heavy atom. The molecule has 2 aliphatic rings. The van der Waals surface area contributed by atoms with Crippen LogP contribution < -0.4 is 10.6 Å². The summed E-state index contributed by atoms with van der Waals surface area (Å²) < 4.78 is 11.1. The predicted molar refractivity (Wildman–Crippen MR) is 125 cm³/mol. The number of carboxylic acids is 1. The number of amides is 2. The van der Waals surface area contributed by atoms with Crippen molar-refractivity contribution in [2.75, 3.05) is 32.9 Å². The van der Waals surface area contributed by atoms with E-state index in [0.717, 1.165) is 28.3 Å². The van der Waals surface area contributed by atoms with Crippen molar-refractivity contribution in [2.24, 2.45) is 5.41 Å². The van der Waals surface area contributed by atoms with Crippen molar-refractivity contribution < 1.29 is 29.0 Å². The number of alkyl carbamates (subject to hydrolysis) is 1. The minimum atomic E-state index is -1.08. The molecule has 8 nitrogen and oxygen atoms in total.